The van der Waals surface area contributed by atoms with Crippen LogP contribution in [0.25, 0.3) is 0 Å². The van der Waals surface area contributed by atoms with E-state index in [9.17, 15) is 4.79 Å². The number of carbonyl (C=O) groups excluding carboxylic acids is 1. The molecular formula is C14H19NO3. The molecule has 2 rings (SSSR count). The lowest BCUT2D eigenvalue weighted by molar-refractivity contribution is -0.198. The Bertz CT molecular complexity index is 400. The van der Waals surface area contributed by atoms with Crippen LogP contribution in [0.15, 0.2) is 24.3 Å². The van der Waals surface area contributed by atoms with Gasteiger partial charge in [-0.3, -0.25) is 9.63 Å². The van der Waals surface area contributed by atoms with E-state index < -0.39 is 0 Å². The van der Waals surface area contributed by atoms with Crippen LogP contribution in [-0.4, -0.2) is 30.7 Å². The van der Waals surface area contributed by atoms with Gasteiger partial charge in [-0.05, 0) is 37.0 Å². The fraction of sp³-hybridized carbons (Fsp3) is 0.500. The molecule has 1 aliphatic rings. The molecule has 4 nitrogen and oxygen atoms in total. The SMILES string of the molecule is CCc1cccc(OCC(=O)N2CCCCO2)c1. The van der Waals surface area contributed by atoms with Gasteiger partial charge in [0.25, 0.3) is 5.91 Å². The van der Waals surface area contributed by atoms with Gasteiger partial charge in [0.2, 0.25) is 0 Å². The lowest BCUT2D eigenvalue weighted by atomic mass is 10.2. The molecular weight excluding hydrogens is 230 g/mol. The first kappa shape index (κ1) is 12.9. The van der Waals surface area contributed by atoms with E-state index in [1.807, 2.05) is 24.3 Å². The Balaban J connectivity index is 1.84. The summed E-state index contributed by atoms with van der Waals surface area (Å²) in [6.07, 6.45) is 2.97. The minimum atomic E-state index is -0.114. The van der Waals surface area contributed by atoms with Gasteiger partial charge in [-0.1, -0.05) is 19.1 Å². The molecule has 1 aromatic rings. The Morgan fingerprint density at radius 1 is 1.44 bits per heavy atom. The molecule has 1 aliphatic heterocycles. The largest absolute Gasteiger partial charge is 0.484 e. The first-order valence-electron chi connectivity index (χ1n) is 6.44. The number of hydrogen-bond donors (Lipinski definition) is 0. The Morgan fingerprint density at radius 2 is 2.33 bits per heavy atom. The summed E-state index contributed by atoms with van der Waals surface area (Å²) in [6.45, 7) is 3.41. The molecule has 0 aromatic heterocycles. The average Bonchev–Trinajstić information content (AvgIpc) is 2.46. The van der Waals surface area contributed by atoms with Gasteiger partial charge in [0.1, 0.15) is 5.75 Å². The highest BCUT2D eigenvalue weighted by Crippen LogP contribution is 2.14. The number of amides is 1. The van der Waals surface area contributed by atoms with Crippen molar-refractivity contribution >= 4 is 5.91 Å². The Hall–Kier alpha value is -1.55. The molecule has 4 heteroatoms. The minimum Gasteiger partial charge on any atom is -0.484 e. The van der Waals surface area contributed by atoms with Crippen LogP contribution in [0.3, 0.4) is 0 Å². The van der Waals surface area contributed by atoms with Crippen LogP contribution < -0.4 is 4.74 Å². The molecule has 98 valence electrons. The zero-order valence-corrected chi connectivity index (χ0v) is 10.7. The molecule has 0 aliphatic carbocycles. The maximum absolute atomic E-state index is 11.8. The van der Waals surface area contributed by atoms with Crippen molar-refractivity contribution in [1.82, 2.24) is 5.06 Å². The van der Waals surface area contributed by atoms with Crippen molar-refractivity contribution in [2.24, 2.45) is 0 Å². The maximum atomic E-state index is 11.8. The van der Waals surface area contributed by atoms with Gasteiger partial charge in [0.05, 0.1) is 6.61 Å². The first-order chi connectivity index (χ1) is 8.79. The summed E-state index contributed by atoms with van der Waals surface area (Å²) in [5, 5.41) is 1.41. The molecule has 1 heterocycles. The van der Waals surface area contributed by atoms with Crippen LogP contribution in [-0.2, 0) is 16.1 Å². The number of nitrogens with zero attached hydrogens (tertiary/aromatic N) is 1. The van der Waals surface area contributed by atoms with E-state index in [4.69, 9.17) is 9.57 Å². The van der Waals surface area contributed by atoms with Crippen molar-refractivity contribution in [2.45, 2.75) is 26.2 Å². The highest BCUT2D eigenvalue weighted by atomic mass is 16.7. The van der Waals surface area contributed by atoms with Gasteiger partial charge in [-0.25, -0.2) is 5.06 Å². The van der Waals surface area contributed by atoms with Gasteiger partial charge in [0, 0.05) is 6.54 Å². The predicted octanol–water partition coefficient (Wildman–Crippen LogP) is 2.18. The molecule has 1 aromatic carbocycles. The number of aryl methyl sites for hydroxylation is 1. The first-order valence-corrected chi connectivity index (χ1v) is 6.44. The van der Waals surface area contributed by atoms with E-state index in [1.165, 1.54) is 10.6 Å². The van der Waals surface area contributed by atoms with Crippen molar-refractivity contribution < 1.29 is 14.4 Å². The van der Waals surface area contributed by atoms with Crippen LogP contribution in [0, 0.1) is 0 Å². The molecule has 0 bridgehead atoms. The maximum Gasteiger partial charge on any atom is 0.283 e. The van der Waals surface area contributed by atoms with Gasteiger partial charge >= 0.3 is 0 Å². The predicted molar refractivity (Wildman–Crippen MR) is 68.2 cm³/mol. The second kappa shape index (κ2) is 6.40. The third-order valence-electron chi connectivity index (χ3n) is 2.95. The highest BCUT2D eigenvalue weighted by molar-refractivity contribution is 5.76. The summed E-state index contributed by atoms with van der Waals surface area (Å²) in [5.41, 5.74) is 1.20. The molecule has 0 atom stereocenters. The van der Waals surface area contributed by atoms with Gasteiger partial charge in [-0.15, -0.1) is 0 Å². The number of ether oxygens (including phenoxy) is 1. The van der Waals surface area contributed by atoms with Crippen molar-refractivity contribution in [3.63, 3.8) is 0 Å². The summed E-state index contributed by atoms with van der Waals surface area (Å²) in [6, 6.07) is 7.81. The molecule has 0 unspecified atom stereocenters. The fourth-order valence-electron chi connectivity index (χ4n) is 1.87. The molecule has 1 amide bonds. The fourth-order valence-corrected chi connectivity index (χ4v) is 1.87. The topological polar surface area (TPSA) is 38.8 Å². The van der Waals surface area contributed by atoms with Crippen LogP contribution in [0.5, 0.6) is 5.75 Å². The average molecular weight is 249 g/mol. The normalized spacial score (nSPS) is 15.5. The van der Waals surface area contributed by atoms with Gasteiger partial charge in [0.15, 0.2) is 6.61 Å². The Labute approximate surface area is 107 Å². The number of benzene rings is 1. The molecule has 0 saturated carbocycles. The van der Waals surface area contributed by atoms with Crippen molar-refractivity contribution in [1.29, 1.82) is 0 Å². The van der Waals surface area contributed by atoms with E-state index in [0.717, 1.165) is 25.0 Å². The van der Waals surface area contributed by atoms with Crippen molar-refractivity contribution in [3.8, 4) is 5.75 Å². The monoisotopic (exact) mass is 249 g/mol. The van der Waals surface area contributed by atoms with Gasteiger partial charge in [-0.2, -0.15) is 0 Å². The number of hydrogen-bond acceptors (Lipinski definition) is 3. The lowest BCUT2D eigenvalue weighted by Gasteiger charge is -2.25. The minimum absolute atomic E-state index is 0.0349. The third-order valence-corrected chi connectivity index (χ3v) is 2.95. The molecule has 1 saturated heterocycles. The van der Waals surface area contributed by atoms with Crippen molar-refractivity contribution in [2.75, 3.05) is 19.8 Å². The highest BCUT2D eigenvalue weighted by Gasteiger charge is 2.17. The van der Waals surface area contributed by atoms with E-state index in [-0.39, 0.29) is 12.5 Å². The lowest BCUT2D eigenvalue weighted by Crippen LogP contribution is -2.38. The Kier molecular flexibility index (Phi) is 4.59. The number of rotatable bonds is 4. The smallest absolute Gasteiger partial charge is 0.283 e. The number of hydroxylamine groups is 2. The zero-order valence-electron chi connectivity index (χ0n) is 10.7. The zero-order chi connectivity index (χ0) is 12.8. The van der Waals surface area contributed by atoms with E-state index in [0.29, 0.717) is 13.2 Å². The van der Waals surface area contributed by atoms with E-state index in [2.05, 4.69) is 6.92 Å². The molecule has 18 heavy (non-hydrogen) atoms. The molecule has 0 N–H and O–H groups in total. The quantitative estimate of drug-likeness (QED) is 0.821. The molecule has 0 spiro atoms. The van der Waals surface area contributed by atoms with Crippen molar-refractivity contribution in [3.05, 3.63) is 29.8 Å². The van der Waals surface area contributed by atoms with Crippen LogP contribution in [0.1, 0.15) is 25.3 Å². The summed E-state index contributed by atoms with van der Waals surface area (Å²) in [4.78, 5) is 17.1. The second-order valence-electron chi connectivity index (χ2n) is 4.33. The standard InChI is InChI=1S/C14H19NO3/c1-2-12-6-5-7-13(10-12)17-11-14(16)15-8-3-4-9-18-15/h5-7,10H,2-4,8-9,11H2,1H3. The van der Waals surface area contributed by atoms with Crippen LogP contribution in [0.4, 0.5) is 0 Å². The van der Waals surface area contributed by atoms with Gasteiger partial charge < -0.3 is 4.74 Å². The summed E-state index contributed by atoms with van der Waals surface area (Å²) in [7, 11) is 0. The number of carbonyl (C=O) groups is 1. The second-order valence-corrected chi connectivity index (χ2v) is 4.33. The third kappa shape index (κ3) is 3.47. The van der Waals surface area contributed by atoms with Crippen LogP contribution >= 0.6 is 0 Å². The van der Waals surface area contributed by atoms with E-state index in [1.54, 1.807) is 0 Å². The van der Waals surface area contributed by atoms with E-state index >= 15 is 0 Å². The summed E-state index contributed by atoms with van der Waals surface area (Å²) >= 11 is 0. The molecule has 1 fully saturated rings. The summed E-state index contributed by atoms with van der Waals surface area (Å²) in [5.74, 6) is 0.622. The Morgan fingerprint density at radius 3 is 3.06 bits per heavy atom. The van der Waals surface area contributed by atoms with Crippen LogP contribution in [0.2, 0.25) is 0 Å². The molecule has 0 radical (unpaired) electrons. The summed E-state index contributed by atoms with van der Waals surface area (Å²) < 4.78 is 5.49.